The minimum Gasteiger partial charge on any atom is -0.395 e. The van der Waals surface area contributed by atoms with Gasteiger partial charge in [-0.05, 0) is 37.3 Å². The van der Waals surface area contributed by atoms with Gasteiger partial charge in [-0.3, -0.25) is 0 Å². The molecule has 4 heteroatoms. The van der Waals surface area contributed by atoms with Crippen LogP contribution in [-0.2, 0) is 0 Å². The summed E-state index contributed by atoms with van der Waals surface area (Å²) in [6, 6.07) is 5.39. The van der Waals surface area contributed by atoms with Crippen LogP contribution in [0.5, 0.6) is 0 Å². The molecule has 0 bridgehead atoms. The van der Waals surface area contributed by atoms with Gasteiger partial charge < -0.3 is 10.4 Å². The summed E-state index contributed by atoms with van der Waals surface area (Å²) < 4.78 is 13.6. The van der Waals surface area contributed by atoms with Crippen molar-refractivity contribution in [2.45, 2.75) is 37.2 Å². The molecule has 0 fully saturated rings. The van der Waals surface area contributed by atoms with Gasteiger partial charge in [-0.2, -0.15) is 0 Å². The van der Waals surface area contributed by atoms with Crippen LogP contribution in [0.3, 0.4) is 0 Å². The minimum absolute atomic E-state index is 0.0394. The Balaban J connectivity index is 2.75. The van der Waals surface area contributed by atoms with E-state index < -0.39 is 0 Å². The van der Waals surface area contributed by atoms with E-state index in [1.807, 2.05) is 26.2 Å². The van der Waals surface area contributed by atoms with Crippen LogP contribution in [0.25, 0.3) is 0 Å². The Hall–Kier alpha value is -0.580. The van der Waals surface area contributed by atoms with Crippen molar-refractivity contribution in [3.63, 3.8) is 0 Å². The van der Waals surface area contributed by atoms with Crippen LogP contribution in [0.15, 0.2) is 23.1 Å². The zero-order chi connectivity index (χ0) is 12.8. The maximum atomic E-state index is 13.6. The van der Waals surface area contributed by atoms with Crippen LogP contribution in [0.4, 0.5) is 4.39 Å². The van der Waals surface area contributed by atoms with E-state index >= 15 is 0 Å². The maximum Gasteiger partial charge on any atom is 0.137 e. The van der Waals surface area contributed by atoms with E-state index in [-0.39, 0.29) is 24.5 Å². The van der Waals surface area contributed by atoms with Crippen molar-refractivity contribution in [1.82, 2.24) is 5.32 Å². The summed E-state index contributed by atoms with van der Waals surface area (Å²) in [6.07, 6.45) is 2.71. The van der Waals surface area contributed by atoms with E-state index in [4.69, 9.17) is 5.11 Å². The molecule has 1 aromatic rings. The molecular formula is C13H20FNOS. The van der Waals surface area contributed by atoms with Crippen molar-refractivity contribution in [3.05, 3.63) is 29.6 Å². The molecule has 1 aromatic carbocycles. The fraction of sp³-hybridized carbons (Fsp3) is 0.538. The monoisotopic (exact) mass is 257 g/mol. The van der Waals surface area contributed by atoms with E-state index in [1.54, 1.807) is 12.1 Å². The van der Waals surface area contributed by atoms with Crippen LogP contribution in [-0.4, -0.2) is 24.0 Å². The molecule has 0 aliphatic heterocycles. The van der Waals surface area contributed by atoms with Gasteiger partial charge in [-0.25, -0.2) is 4.39 Å². The summed E-state index contributed by atoms with van der Waals surface area (Å²) in [7, 11) is 0. The first-order valence-corrected chi connectivity index (χ1v) is 7.05. The molecule has 0 aliphatic carbocycles. The van der Waals surface area contributed by atoms with Gasteiger partial charge in [0.15, 0.2) is 0 Å². The highest BCUT2D eigenvalue weighted by molar-refractivity contribution is 7.98. The van der Waals surface area contributed by atoms with Gasteiger partial charge in [0.2, 0.25) is 0 Å². The standard InChI is InChI=1S/C13H20FNOS/c1-4-11(8-16)15-9(2)10-5-6-13(17-3)12(14)7-10/h5-7,9,11,15-16H,4,8H2,1-3H3. The highest BCUT2D eigenvalue weighted by Gasteiger charge is 2.12. The Morgan fingerprint density at radius 3 is 2.65 bits per heavy atom. The normalized spacial score (nSPS) is 14.6. The lowest BCUT2D eigenvalue weighted by Crippen LogP contribution is -2.33. The number of nitrogens with one attached hydrogen (secondary N) is 1. The molecule has 0 heterocycles. The van der Waals surface area contributed by atoms with Crippen molar-refractivity contribution >= 4 is 11.8 Å². The second-order valence-corrected chi connectivity index (χ2v) is 4.92. The smallest absolute Gasteiger partial charge is 0.137 e. The van der Waals surface area contributed by atoms with Gasteiger partial charge in [-0.15, -0.1) is 11.8 Å². The summed E-state index contributed by atoms with van der Waals surface area (Å²) in [5.74, 6) is -0.180. The van der Waals surface area contributed by atoms with E-state index in [0.29, 0.717) is 4.90 Å². The number of hydrogen-bond donors (Lipinski definition) is 2. The summed E-state index contributed by atoms with van der Waals surface area (Å²) >= 11 is 1.40. The summed E-state index contributed by atoms with van der Waals surface area (Å²) in [6.45, 7) is 4.09. The number of halogens is 1. The van der Waals surface area contributed by atoms with Crippen LogP contribution < -0.4 is 5.32 Å². The Bertz CT molecular complexity index is 355. The number of hydrogen-bond acceptors (Lipinski definition) is 3. The van der Waals surface area contributed by atoms with Gasteiger partial charge in [0.1, 0.15) is 5.82 Å². The highest BCUT2D eigenvalue weighted by Crippen LogP contribution is 2.23. The Morgan fingerprint density at radius 1 is 1.47 bits per heavy atom. The Kier molecular flexibility index (Phi) is 5.95. The first-order valence-electron chi connectivity index (χ1n) is 5.82. The molecule has 2 unspecified atom stereocenters. The summed E-state index contributed by atoms with van der Waals surface area (Å²) in [5.41, 5.74) is 0.909. The third-order valence-electron chi connectivity index (χ3n) is 2.87. The molecule has 2 atom stereocenters. The van der Waals surface area contributed by atoms with Gasteiger partial charge in [0.25, 0.3) is 0 Å². The van der Waals surface area contributed by atoms with E-state index in [9.17, 15) is 4.39 Å². The van der Waals surface area contributed by atoms with E-state index in [1.165, 1.54) is 11.8 Å². The lowest BCUT2D eigenvalue weighted by atomic mass is 10.1. The summed E-state index contributed by atoms with van der Waals surface area (Å²) in [4.78, 5) is 0.662. The lowest BCUT2D eigenvalue weighted by molar-refractivity contribution is 0.230. The van der Waals surface area contributed by atoms with Gasteiger partial charge in [0.05, 0.1) is 6.61 Å². The molecule has 0 radical (unpaired) electrons. The average molecular weight is 257 g/mol. The van der Waals surface area contributed by atoms with Crippen molar-refractivity contribution in [1.29, 1.82) is 0 Å². The third kappa shape index (κ3) is 3.98. The molecule has 17 heavy (non-hydrogen) atoms. The number of aliphatic hydroxyl groups excluding tert-OH is 1. The van der Waals surface area contributed by atoms with Crippen LogP contribution >= 0.6 is 11.8 Å². The molecule has 0 aromatic heterocycles. The molecule has 1 rings (SSSR count). The first kappa shape index (κ1) is 14.5. The van der Waals surface area contributed by atoms with Crippen molar-refractivity contribution in [3.8, 4) is 0 Å². The number of thioether (sulfide) groups is 1. The molecular weight excluding hydrogens is 237 g/mol. The number of rotatable bonds is 6. The zero-order valence-corrected chi connectivity index (χ0v) is 11.4. The molecule has 0 saturated heterocycles. The van der Waals surface area contributed by atoms with Gasteiger partial charge >= 0.3 is 0 Å². The fourth-order valence-corrected chi connectivity index (χ4v) is 2.16. The third-order valence-corrected chi connectivity index (χ3v) is 3.65. The lowest BCUT2D eigenvalue weighted by Gasteiger charge is -2.21. The molecule has 2 N–H and O–H groups in total. The maximum absolute atomic E-state index is 13.6. The quantitative estimate of drug-likeness (QED) is 0.768. The van der Waals surface area contributed by atoms with Crippen molar-refractivity contribution in [2.24, 2.45) is 0 Å². The van der Waals surface area contributed by atoms with Gasteiger partial charge in [0, 0.05) is 17.0 Å². The Morgan fingerprint density at radius 2 is 2.18 bits per heavy atom. The summed E-state index contributed by atoms with van der Waals surface area (Å²) in [5, 5.41) is 12.4. The van der Waals surface area contributed by atoms with Crippen LogP contribution in [0, 0.1) is 5.82 Å². The Labute approximate surface area is 107 Å². The molecule has 0 amide bonds. The molecule has 2 nitrogen and oxygen atoms in total. The SMILES string of the molecule is CCC(CO)NC(C)c1ccc(SC)c(F)c1. The number of aliphatic hydroxyl groups is 1. The van der Waals surface area contributed by atoms with E-state index in [2.05, 4.69) is 5.32 Å². The molecule has 0 aliphatic rings. The molecule has 0 saturated carbocycles. The first-order chi connectivity index (χ1) is 8.12. The average Bonchev–Trinajstić information content (AvgIpc) is 2.35. The van der Waals surface area contributed by atoms with Crippen molar-refractivity contribution in [2.75, 3.05) is 12.9 Å². The van der Waals surface area contributed by atoms with Gasteiger partial charge in [-0.1, -0.05) is 13.0 Å². The van der Waals surface area contributed by atoms with E-state index in [0.717, 1.165) is 12.0 Å². The topological polar surface area (TPSA) is 32.3 Å². The largest absolute Gasteiger partial charge is 0.395 e. The minimum atomic E-state index is -0.180. The fourth-order valence-electron chi connectivity index (χ4n) is 1.70. The second-order valence-electron chi connectivity index (χ2n) is 4.07. The molecule has 96 valence electrons. The second kappa shape index (κ2) is 6.99. The predicted molar refractivity (Wildman–Crippen MR) is 70.9 cm³/mol. The van der Waals surface area contributed by atoms with Crippen LogP contribution in [0.2, 0.25) is 0 Å². The molecule has 0 spiro atoms. The van der Waals surface area contributed by atoms with Crippen molar-refractivity contribution < 1.29 is 9.50 Å². The van der Waals surface area contributed by atoms with Crippen LogP contribution in [0.1, 0.15) is 31.9 Å². The highest BCUT2D eigenvalue weighted by atomic mass is 32.2. The predicted octanol–water partition coefficient (Wildman–Crippen LogP) is 2.97. The zero-order valence-electron chi connectivity index (χ0n) is 10.5. The number of benzene rings is 1.